The van der Waals surface area contributed by atoms with Gasteiger partial charge in [0.25, 0.3) is 5.91 Å². The minimum Gasteiger partial charge on any atom is -0.480 e. The van der Waals surface area contributed by atoms with E-state index in [-0.39, 0.29) is 19.0 Å². The summed E-state index contributed by atoms with van der Waals surface area (Å²) in [4.78, 5) is 38.1. The minimum absolute atomic E-state index is 0.0110. The molecule has 0 bridgehead atoms. The maximum absolute atomic E-state index is 12.7. The zero-order valence-corrected chi connectivity index (χ0v) is 12.8. The van der Waals surface area contributed by atoms with Crippen molar-refractivity contribution in [1.29, 1.82) is 0 Å². The molecule has 1 atom stereocenters. The minimum atomic E-state index is -1.14. The molecule has 1 aliphatic heterocycles. The molecule has 1 aliphatic rings. The maximum atomic E-state index is 12.7. The van der Waals surface area contributed by atoms with Gasteiger partial charge in [0.05, 0.1) is 18.7 Å². The summed E-state index contributed by atoms with van der Waals surface area (Å²) in [5.74, 6) is -1.13. The van der Waals surface area contributed by atoms with Crippen molar-refractivity contribution in [2.75, 3.05) is 0 Å². The number of carboxylic acid groups (broad SMARTS) is 1. The normalized spacial score (nSPS) is 17.4. The summed E-state index contributed by atoms with van der Waals surface area (Å²) in [6.45, 7) is 3.63. The van der Waals surface area contributed by atoms with Crippen LogP contribution in [0.15, 0.2) is 10.2 Å². The maximum Gasteiger partial charge on any atom is 0.343 e. The highest BCUT2D eigenvalue weighted by Crippen LogP contribution is 2.25. The van der Waals surface area contributed by atoms with E-state index in [4.69, 9.17) is 0 Å². The van der Waals surface area contributed by atoms with Gasteiger partial charge in [0, 0.05) is 10.3 Å². The van der Waals surface area contributed by atoms with Crippen LogP contribution in [0.2, 0.25) is 0 Å². The van der Waals surface area contributed by atoms with E-state index in [0.29, 0.717) is 11.4 Å². The summed E-state index contributed by atoms with van der Waals surface area (Å²) in [5.41, 5.74) is 0.889. The van der Waals surface area contributed by atoms with Crippen LogP contribution in [-0.4, -0.2) is 42.7 Å². The van der Waals surface area contributed by atoms with Crippen LogP contribution in [0.1, 0.15) is 26.6 Å². The lowest BCUT2D eigenvalue weighted by Gasteiger charge is -2.32. The average Bonchev–Trinajstić information content (AvgIpc) is 3.01. The van der Waals surface area contributed by atoms with Crippen molar-refractivity contribution in [1.82, 2.24) is 19.7 Å². The Morgan fingerprint density at radius 2 is 2.18 bits per heavy atom. The number of amides is 1. The first-order valence-corrected chi connectivity index (χ1v) is 7.50. The smallest absolute Gasteiger partial charge is 0.343 e. The predicted octanol–water partition coefficient (Wildman–Crippen LogP) is 0.359. The summed E-state index contributed by atoms with van der Waals surface area (Å²) in [5, 5.41) is 17.3. The number of carboxylic acids is 1. The Labute approximate surface area is 129 Å². The van der Waals surface area contributed by atoms with E-state index in [0.717, 1.165) is 10.4 Å². The van der Waals surface area contributed by atoms with Gasteiger partial charge in [0.1, 0.15) is 6.04 Å². The fourth-order valence-electron chi connectivity index (χ4n) is 2.50. The Bertz CT molecular complexity index is 818. The highest BCUT2D eigenvalue weighted by atomic mass is 32.1. The Kier molecular flexibility index (Phi) is 3.36. The first kappa shape index (κ1) is 14.5. The van der Waals surface area contributed by atoms with Gasteiger partial charge in [0.15, 0.2) is 5.82 Å². The van der Waals surface area contributed by atoms with E-state index in [2.05, 4.69) is 10.2 Å². The lowest BCUT2D eigenvalue weighted by Crippen LogP contribution is -2.52. The van der Waals surface area contributed by atoms with E-state index >= 15 is 0 Å². The van der Waals surface area contributed by atoms with Gasteiger partial charge in [-0.05, 0) is 19.4 Å². The molecule has 2 aromatic rings. The average molecular weight is 322 g/mol. The molecule has 0 spiro atoms. The molecule has 1 amide bonds. The second-order valence-corrected chi connectivity index (χ2v) is 6.26. The first-order chi connectivity index (χ1) is 10.4. The SMILES string of the molecule is Cc1scc(C(=O)N2Cc3n[nH]c(=O)n3CC2C(=O)O)c1C. The largest absolute Gasteiger partial charge is 0.480 e. The molecule has 0 saturated carbocycles. The zero-order chi connectivity index (χ0) is 16.0. The number of carbonyl (C=O) groups excluding carboxylic acids is 1. The molecule has 3 rings (SSSR count). The molecule has 8 nitrogen and oxygen atoms in total. The van der Waals surface area contributed by atoms with Crippen molar-refractivity contribution in [3.8, 4) is 0 Å². The van der Waals surface area contributed by atoms with Crippen molar-refractivity contribution in [3.63, 3.8) is 0 Å². The first-order valence-electron chi connectivity index (χ1n) is 6.62. The van der Waals surface area contributed by atoms with Gasteiger partial charge >= 0.3 is 11.7 Å². The zero-order valence-electron chi connectivity index (χ0n) is 12.0. The summed E-state index contributed by atoms with van der Waals surface area (Å²) in [6, 6.07) is -1.09. The molecule has 3 heterocycles. The molecular formula is C13H14N4O4S. The van der Waals surface area contributed by atoms with E-state index in [9.17, 15) is 19.5 Å². The molecule has 0 radical (unpaired) electrons. The summed E-state index contributed by atoms with van der Waals surface area (Å²) in [6.07, 6.45) is 0. The number of hydrogen-bond acceptors (Lipinski definition) is 5. The van der Waals surface area contributed by atoms with Gasteiger partial charge < -0.3 is 10.0 Å². The Hall–Kier alpha value is -2.42. The molecule has 0 fully saturated rings. The van der Waals surface area contributed by atoms with E-state index in [1.54, 1.807) is 5.38 Å². The van der Waals surface area contributed by atoms with Crippen LogP contribution in [0.5, 0.6) is 0 Å². The number of aromatic nitrogens is 3. The highest BCUT2D eigenvalue weighted by molar-refractivity contribution is 7.10. The lowest BCUT2D eigenvalue weighted by molar-refractivity contribution is -0.143. The van der Waals surface area contributed by atoms with Crippen LogP contribution in [0, 0.1) is 13.8 Å². The predicted molar refractivity (Wildman–Crippen MR) is 77.9 cm³/mol. The number of fused-ring (bicyclic) bond motifs is 1. The molecular weight excluding hydrogens is 308 g/mol. The number of hydrogen-bond donors (Lipinski definition) is 2. The molecule has 22 heavy (non-hydrogen) atoms. The molecule has 0 saturated heterocycles. The Balaban J connectivity index is 2.01. The fourth-order valence-corrected chi connectivity index (χ4v) is 3.36. The molecule has 0 aliphatic carbocycles. The third-order valence-electron chi connectivity index (χ3n) is 3.94. The van der Waals surface area contributed by atoms with Crippen LogP contribution in [0.4, 0.5) is 0 Å². The number of nitrogens with one attached hydrogen (secondary N) is 1. The van der Waals surface area contributed by atoms with Crippen molar-refractivity contribution in [2.45, 2.75) is 33.0 Å². The van der Waals surface area contributed by atoms with Gasteiger partial charge in [0.2, 0.25) is 0 Å². The Morgan fingerprint density at radius 3 is 2.77 bits per heavy atom. The van der Waals surface area contributed by atoms with Gasteiger partial charge in [-0.2, -0.15) is 5.10 Å². The van der Waals surface area contributed by atoms with Gasteiger partial charge in [-0.25, -0.2) is 14.7 Å². The summed E-state index contributed by atoms with van der Waals surface area (Å²) in [7, 11) is 0. The second-order valence-electron chi connectivity index (χ2n) is 5.17. The van der Waals surface area contributed by atoms with Crippen LogP contribution in [0.3, 0.4) is 0 Å². The molecule has 116 valence electrons. The van der Waals surface area contributed by atoms with Crippen LogP contribution >= 0.6 is 11.3 Å². The van der Waals surface area contributed by atoms with E-state index in [1.807, 2.05) is 13.8 Å². The van der Waals surface area contributed by atoms with Crippen LogP contribution in [-0.2, 0) is 17.9 Å². The van der Waals surface area contributed by atoms with Crippen molar-refractivity contribution in [3.05, 3.63) is 37.7 Å². The highest BCUT2D eigenvalue weighted by Gasteiger charge is 2.37. The number of rotatable bonds is 2. The molecule has 2 aromatic heterocycles. The van der Waals surface area contributed by atoms with Crippen molar-refractivity contribution >= 4 is 23.2 Å². The van der Waals surface area contributed by atoms with E-state index in [1.165, 1.54) is 20.8 Å². The molecule has 1 unspecified atom stereocenters. The number of carbonyl (C=O) groups is 2. The third-order valence-corrected chi connectivity index (χ3v) is 4.96. The number of aryl methyl sites for hydroxylation is 1. The van der Waals surface area contributed by atoms with E-state index < -0.39 is 17.7 Å². The topological polar surface area (TPSA) is 108 Å². The fraction of sp³-hybridized carbons (Fsp3) is 0.385. The number of H-pyrrole nitrogens is 1. The summed E-state index contributed by atoms with van der Waals surface area (Å²) >= 11 is 1.45. The van der Waals surface area contributed by atoms with Gasteiger partial charge in [-0.1, -0.05) is 0 Å². The Morgan fingerprint density at radius 1 is 1.45 bits per heavy atom. The quantitative estimate of drug-likeness (QED) is 0.830. The standard InChI is InChI=1S/C13H14N4O4S/c1-6-7(2)22-5-8(6)11(18)16-4-10-14-15-13(21)17(10)3-9(16)12(19)20/h5,9H,3-4H2,1-2H3,(H,15,21)(H,19,20). The van der Waals surface area contributed by atoms with Crippen molar-refractivity contribution in [2.24, 2.45) is 0 Å². The third kappa shape index (κ3) is 2.13. The molecule has 2 N–H and O–H groups in total. The lowest BCUT2D eigenvalue weighted by atomic mass is 10.1. The number of aliphatic carboxylic acids is 1. The summed E-state index contributed by atoms with van der Waals surface area (Å²) < 4.78 is 1.26. The monoisotopic (exact) mass is 322 g/mol. The number of thiophene rings is 1. The molecule has 9 heteroatoms. The second kappa shape index (κ2) is 5.09. The number of nitrogens with zero attached hydrogens (tertiary/aromatic N) is 3. The van der Waals surface area contributed by atoms with Crippen molar-refractivity contribution < 1.29 is 14.7 Å². The van der Waals surface area contributed by atoms with Crippen LogP contribution < -0.4 is 5.69 Å². The van der Waals surface area contributed by atoms with Crippen LogP contribution in [0.25, 0.3) is 0 Å². The van der Waals surface area contributed by atoms with Gasteiger partial charge in [-0.3, -0.25) is 9.36 Å². The van der Waals surface area contributed by atoms with Gasteiger partial charge in [-0.15, -0.1) is 11.3 Å². The number of aromatic amines is 1. The molecule has 0 aromatic carbocycles.